The Morgan fingerprint density at radius 2 is 1.94 bits per heavy atom. The molecule has 0 N–H and O–H groups in total. The molecule has 2 aliphatic rings. The predicted octanol–water partition coefficient (Wildman–Crippen LogP) is 4.72. The number of aromatic nitrogens is 1. The number of anilines is 2. The average Bonchev–Trinajstić information content (AvgIpc) is 3.05. The van der Waals surface area contributed by atoms with Crippen molar-refractivity contribution in [3.8, 4) is 0 Å². The van der Waals surface area contributed by atoms with Crippen LogP contribution in [0.25, 0.3) is 0 Å². The molecule has 3 heterocycles. The Kier molecular flexibility index (Phi) is 6.12. The minimum atomic E-state index is -0.471. The van der Waals surface area contributed by atoms with Crippen LogP contribution in [0, 0.1) is 11.7 Å². The van der Waals surface area contributed by atoms with Crippen LogP contribution in [0.15, 0.2) is 30.3 Å². The van der Waals surface area contributed by atoms with E-state index < -0.39 is 5.82 Å². The van der Waals surface area contributed by atoms with E-state index in [-0.39, 0.29) is 28.2 Å². The van der Waals surface area contributed by atoms with Crippen LogP contribution < -0.4 is 4.90 Å². The topological polar surface area (TPSA) is 62.7 Å². The molecule has 1 amide bonds. The van der Waals surface area contributed by atoms with E-state index in [1.54, 1.807) is 30.0 Å². The van der Waals surface area contributed by atoms with E-state index in [1.165, 1.54) is 6.07 Å². The van der Waals surface area contributed by atoms with Gasteiger partial charge < -0.3 is 14.5 Å². The molecule has 0 aliphatic carbocycles. The SMILES string of the molecule is CCOC(=O)C1CCN(C(=O)c2ccc3c(n2)C(C)(C)CN3c2ccc(Cl)c(F)c2)CC1. The van der Waals surface area contributed by atoms with Gasteiger partial charge >= 0.3 is 5.97 Å². The summed E-state index contributed by atoms with van der Waals surface area (Å²) >= 11 is 5.84. The van der Waals surface area contributed by atoms with E-state index in [1.807, 2.05) is 11.0 Å². The zero-order valence-corrected chi connectivity index (χ0v) is 19.3. The Labute approximate surface area is 192 Å². The third kappa shape index (κ3) is 4.18. The highest BCUT2D eigenvalue weighted by Gasteiger charge is 2.38. The Morgan fingerprint density at radius 3 is 2.59 bits per heavy atom. The van der Waals surface area contributed by atoms with Gasteiger partial charge in [-0.2, -0.15) is 0 Å². The second kappa shape index (κ2) is 8.70. The van der Waals surface area contributed by atoms with E-state index in [9.17, 15) is 14.0 Å². The minimum Gasteiger partial charge on any atom is -0.466 e. The molecule has 1 aromatic heterocycles. The lowest BCUT2D eigenvalue weighted by Crippen LogP contribution is -2.41. The third-order valence-electron chi connectivity index (χ3n) is 6.20. The number of piperidine rings is 1. The zero-order valence-electron chi connectivity index (χ0n) is 18.5. The Bertz CT molecular complexity index is 1050. The lowest BCUT2D eigenvalue weighted by atomic mass is 9.91. The van der Waals surface area contributed by atoms with E-state index in [0.717, 1.165) is 11.4 Å². The lowest BCUT2D eigenvalue weighted by molar-refractivity contribution is -0.149. The van der Waals surface area contributed by atoms with E-state index >= 15 is 0 Å². The van der Waals surface area contributed by atoms with Crippen LogP contribution >= 0.6 is 11.6 Å². The molecular formula is C24H27ClFN3O3. The number of fused-ring (bicyclic) bond motifs is 1. The molecule has 0 spiro atoms. The molecule has 6 nitrogen and oxygen atoms in total. The number of pyridine rings is 1. The zero-order chi connectivity index (χ0) is 23.0. The Balaban J connectivity index is 1.54. The van der Waals surface area contributed by atoms with E-state index in [0.29, 0.717) is 50.5 Å². The summed E-state index contributed by atoms with van der Waals surface area (Å²) in [6, 6.07) is 8.34. The normalized spacial score (nSPS) is 17.9. The largest absolute Gasteiger partial charge is 0.466 e. The molecule has 1 fully saturated rings. The molecule has 1 aromatic carbocycles. The number of ether oxygens (including phenoxy) is 1. The first-order valence-corrected chi connectivity index (χ1v) is 11.3. The van der Waals surface area contributed by atoms with Gasteiger partial charge in [-0.25, -0.2) is 9.37 Å². The molecule has 8 heteroatoms. The summed E-state index contributed by atoms with van der Waals surface area (Å²) in [5.41, 5.74) is 2.42. The maximum atomic E-state index is 14.0. The first-order valence-electron chi connectivity index (χ1n) is 10.9. The molecule has 170 valence electrons. The van der Waals surface area contributed by atoms with E-state index in [2.05, 4.69) is 13.8 Å². The summed E-state index contributed by atoms with van der Waals surface area (Å²) in [7, 11) is 0. The van der Waals surface area contributed by atoms with Gasteiger partial charge in [0.15, 0.2) is 0 Å². The summed E-state index contributed by atoms with van der Waals surface area (Å²) < 4.78 is 19.1. The van der Waals surface area contributed by atoms with Crippen LogP contribution in [0.3, 0.4) is 0 Å². The summed E-state index contributed by atoms with van der Waals surface area (Å²) in [6.45, 7) is 7.89. The number of rotatable bonds is 4. The van der Waals surface area contributed by atoms with E-state index in [4.69, 9.17) is 21.3 Å². The Hall–Kier alpha value is -2.67. The maximum absolute atomic E-state index is 14.0. The molecule has 0 radical (unpaired) electrons. The fraction of sp³-hybridized carbons (Fsp3) is 0.458. The van der Waals surface area contributed by atoms with Gasteiger partial charge in [-0.15, -0.1) is 0 Å². The third-order valence-corrected chi connectivity index (χ3v) is 6.50. The molecule has 0 saturated carbocycles. The van der Waals surface area contributed by atoms with Crippen molar-refractivity contribution in [1.29, 1.82) is 0 Å². The van der Waals surface area contributed by atoms with Crippen molar-refractivity contribution >= 4 is 34.9 Å². The number of halogens is 2. The fourth-order valence-corrected chi connectivity index (χ4v) is 4.58. The highest BCUT2D eigenvalue weighted by atomic mass is 35.5. The highest BCUT2D eigenvalue weighted by molar-refractivity contribution is 6.30. The fourth-order valence-electron chi connectivity index (χ4n) is 4.47. The molecule has 2 aliphatic heterocycles. The second-order valence-corrected chi connectivity index (χ2v) is 9.36. The number of hydrogen-bond acceptors (Lipinski definition) is 5. The van der Waals surface area contributed by atoms with Crippen molar-refractivity contribution in [2.45, 2.75) is 39.0 Å². The summed E-state index contributed by atoms with van der Waals surface area (Å²) in [4.78, 5) is 33.6. The Morgan fingerprint density at radius 1 is 1.22 bits per heavy atom. The monoisotopic (exact) mass is 459 g/mol. The summed E-state index contributed by atoms with van der Waals surface area (Å²) in [5.74, 6) is -0.946. The number of benzene rings is 1. The lowest BCUT2D eigenvalue weighted by Gasteiger charge is -2.30. The number of carbonyl (C=O) groups excluding carboxylic acids is 2. The quantitative estimate of drug-likeness (QED) is 0.619. The molecule has 0 atom stereocenters. The predicted molar refractivity (Wildman–Crippen MR) is 121 cm³/mol. The molecule has 32 heavy (non-hydrogen) atoms. The maximum Gasteiger partial charge on any atom is 0.309 e. The number of hydrogen-bond donors (Lipinski definition) is 0. The molecule has 1 saturated heterocycles. The van der Waals surface area contributed by atoms with Crippen molar-refractivity contribution < 1.29 is 18.7 Å². The van der Waals surface area contributed by atoms with Crippen molar-refractivity contribution in [3.63, 3.8) is 0 Å². The molecule has 0 unspecified atom stereocenters. The van der Waals surface area contributed by atoms with Crippen molar-refractivity contribution in [3.05, 3.63) is 52.6 Å². The number of nitrogens with zero attached hydrogens (tertiary/aromatic N) is 3. The van der Waals surface area contributed by atoms with Crippen LogP contribution in [-0.4, -0.2) is 48.0 Å². The minimum absolute atomic E-state index is 0.0817. The van der Waals surface area contributed by atoms with Crippen LogP contribution in [0.4, 0.5) is 15.8 Å². The molecule has 4 rings (SSSR count). The van der Waals surface area contributed by atoms with Gasteiger partial charge in [0.05, 0.1) is 28.9 Å². The average molecular weight is 460 g/mol. The van der Waals surface area contributed by atoms with Crippen LogP contribution in [-0.2, 0) is 14.9 Å². The van der Waals surface area contributed by atoms with Gasteiger partial charge in [0.1, 0.15) is 11.5 Å². The van der Waals surface area contributed by atoms with Gasteiger partial charge in [0.25, 0.3) is 5.91 Å². The van der Waals surface area contributed by atoms with Gasteiger partial charge in [-0.05, 0) is 50.1 Å². The number of likely N-dealkylation sites (tertiary alicyclic amines) is 1. The molecular weight excluding hydrogens is 433 g/mol. The highest BCUT2D eigenvalue weighted by Crippen LogP contribution is 2.43. The summed E-state index contributed by atoms with van der Waals surface area (Å²) in [6.07, 6.45) is 1.19. The smallest absolute Gasteiger partial charge is 0.309 e. The van der Waals surface area contributed by atoms with Gasteiger partial charge in [0.2, 0.25) is 0 Å². The summed E-state index contributed by atoms with van der Waals surface area (Å²) in [5, 5.41) is 0.0817. The van der Waals surface area contributed by atoms with Crippen LogP contribution in [0.5, 0.6) is 0 Å². The van der Waals surface area contributed by atoms with Gasteiger partial charge in [0, 0.05) is 30.7 Å². The second-order valence-electron chi connectivity index (χ2n) is 8.95. The first-order chi connectivity index (χ1) is 15.2. The number of carbonyl (C=O) groups is 2. The number of amides is 1. The molecule has 2 aromatic rings. The number of esters is 1. The van der Waals surface area contributed by atoms with Crippen LogP contribution in [0.2, 0.25) is 5.02 Å². The van der Waals surface area contributed by atoms with Crippen molar-refractivity contribution in [2.24, 2.45) is 5.92 Å². The van der Waals surface area contributed by atoms with Gasteiger partial charge in [-0.3, -0.25) is 9.59 Å². The van der Waals surface area contributed by atoms with Gasteiger partial charge in [-0.1, -0.05) is 25.4 Å². The van der Waals surface area contributed by atoms with Crippen molar-refractivity contribution in [2.75, 3.05) is 31.1 Å². The standard InChI is InChI=1S/C24H27ClFN3O3/c1-4-32-23(31)15-9-11-28(12-10-15)22(30)19-7-8-20-21(27-19)24(2,3)14-29(20)16-5-6-17(25)18(26)13-16/h5-8,13,15H,4,9-12,14H2,1-3H3. The van der Waals surface area contributed by atoms with Crippen LogP contribution in [0.1, 0.15) is 49.8 Å². The first kappa shape index (κ1) is 22.5. The molecule has 0 bridgehead atoms. The van der Waals surface area contributed by atoms with Crippen molar-refractivity contribution in [1.82, 2.24) is 9.88 Å².